The molecule has 0 aliphatic heterocycles. The molecule has 1 nitrogen and oxygen atoms in total. The van der Waals surface area contributed by atoms with Gasteiger partial charge in [-0.15, -0.1) is 0 Å². The van der Waals surface area contributed by atoms with Gasteiger partial charge in [-0.05, 0) is 12.1 Å². The van der Waals surface area contributed by atoms with Crippen LogP contribution in [-0.2, 0) is 0 Å². The van der Waals surface area contributed by atoms with Crippen molar-refractivity contribution < 1.29 is 51.8 Å². The van der Waals surface area contributed by atoms with E-state index in [0.717, 1.165) is 0 Å². The van der Waals surface area contributed by atoms with Crippen LogP contribution in [-0.4, -0.2) is 73.1 Å². The van der Waals surface area contributed by atoms with Gasteiger partial charge in [-0.2, -0.15) is 5.26 Å². The van der Waals surface area contributed by atoms with Crippen LogP contribution in [0.4, 0.5) is 51.8 Å². The van der Waals surface area contributed by atoms with Crippen molar-refractivity contribution in [1.29, 1.82) is 5.26 Å². The standard InChI is InChI=1S/C7H5N.3BF4.K.H/c8-6-7-4-2-1-3-5-7;3*2-1(3,4)5;;/h1-5H;;;;;/q;3*-1;;. The first-order chi connectivity index (χ1) is 9.93. The molecule has 0 N–H and O–H groups in total. The van der Waals surface area contributed by atoms with E-state index >= 15 is 0 Å². The van der Waals surface area contributed by atoms with E-state index in [4.69, 9.17) is 5.26 Å². The SMILES string of the molecule is F[B-](F)(F)F.F[B-](F)(F)F.F[B-](F)(F)F.N#Cc1ccccc1.[KH]. The van der Waals surface area contributed by atoms with Crippen molar-refractivity contribution in [1.82, 2.24) is 0 Å². The first kappa shape index (κ1) is 31.5. The Balaban J connectivity index is -0.000000113. The van der Waals surface area contributed by atoms with Crippen molar-refractivity contribution in [3.8, 4) is 6.07 Å². The summed E-state index contributed by atoms with van der Waals surface area (Å²) in [5.41, 5.74) is 0.715. The number of hydrogen-bond donors (Lipinski definition) is 0. The Morgan fingerprint density at radius 2 is 0.792 bits per heavy atom. The summed E-state index contributed by atoms with van der Waals surface area (Å²) in [5, 5.41) is 8.29. The van der Waals surface area contributed by atoms with Gasteiger partial charge in [0.25, 0.3) is 0 Å². The molecule has 0 aliphatic rings. The molecule has 0 bridgehead atoms. The summed E-state index contributed by atoms with van der Waals surface area (Å²) in [5.74, 6) is 0. The second-order valence-electron chi connectivity index (χ2n) is 2.96. The molecule has 0 fully saturated rings. The fourth-order valence-electron chi connectivity index (χ4n) is 0.513. The van der Waals surface area contributed by atoms with Crippen LogP contribution >= 0.6 is 0 Å². The van der Waals surface area contributed by atoms with E-state index in [9.17, 15) is 51.8 Å². The van der Waals surface area contributed by atoms with Crippen LogP contribution in [0.2, 0.25) is 0 Å². The third-order valence-corrected chi connectivity index (χ3v) is 0.903. The fourth-order valence-corrected chi connectivity index (χ4v) is 0.513. The first-order valence-corrected chi connectivity index (χ1v) is 5.00. The van der Waals surface area contributed by atoms with E-state index in [0.29, 0.717) is 5.56 Å². The molecule has 0 spiro atoms. The maximum absolute atomic E-state index is 9.75. The van der Waals surface area contributed by atoms with Gasteiger partial charge in [-0.1, -0.05) is 18.2 Å². The molecular formula is C7H6B3F12KN-3. The maximum atomic E-state index is 9.75. The molecule has 0 amide bonds. The van der Waals surface area contributed by atoms with Crippen molar-refractivity contribution in [3.05, 3.63) is 35.9 Å². The second-order valence-corrected chi connectivity index (χ2v) is 2.96. The van der Waals surface area contributed by atoms with Crippen molar-refractivity contribution in [3.63, 3.8) is 0 Å². The Kier molecular flexibility index (Phi) is 19.7. The summed E-state index contributed by atoms with van der Waals surface area (Å²) in [4.78, 5) is 0. The van der Waals surface area contributed by atoms with Crippen LogP contribution in [0, 0.1) is 11.3 Å². The molecule has 1 aromatic carbocycles. The van der Waals surface area contributed by atoms with Gasteiger partial charge >= 0.3 is 73.1 Å². The second kappa shape index (κ2) is 15.0. The van der Waals surface area contributed by atoms with Crippen molar-refractivity contribution in [2.24, 2.45) is 0 Å². The van der Waals surface area contributed by atoms with Gasteiger partial charge in [-0.3, -0.25) is 0 Å². The summed E-state index contributed by atoms with van der Waals surface area (Å²) in [7, 11) is -18.0. The predicted molar refractivity (Wildman–Crippen MR) is 68.9 cm³/mol. The van der Waals surface area contributed by atoms with Crippen LogP contribution in [0.15, 0.2) is 30.3 Å². The molecule has 136 valence electrons. The van der Waals surface area contributed by atoms with E-state index in [2.05, 4.69) is 0 Å². The minimum absolute atomic E-state index is 0. The predicted octanol–water partition coefficient (Wildman–Crippen LogP) is 4.81. The molecule has 0 heterocycles. The van der Waals surface area contributed by atoms with Crippen LogP contribution in [0.3, 0.4) is 0 Å². The zero-order valence-electron chi connectivity index (χ0n) is 10.6. The number of hydrogen-bond acceptors (Lipinski definition) is 1. The number of nitriles is 1. The fraction of sp³-hybridized carbons (Fsp3) is 0. The van der Waals surface area contributed by atoms with Gasteiger partial charge in [0.05, 0.1) is 11.6 Å². The topological polar surface area (TPSA) is 23.8 Å². The van der Waals surface area contributed by atoms with E-state index < -0.39 is 21.8 Å². The number of benzene rings is 1. The molecule has 24 heavy (non-hydrogen) atoms. The van der Waals surface area contributed by atoms with Gasteiger partial charge in [0.2, 0.25) is 0 Å². The first-order valence-electron chi connectivity index (χ1n) is 5.00. The Bertz CT molecular complexity index is 393. The Morgan fingerprint density at radius 3 is 0.917 bits per heavy atom. The normalized spacial score (nSPS) is 10.1. The van der Waals surface area contributed by atoms with Crippen molar-refractivity contribution in [2.45, 2.75) is 0 Å². The molecule has 0 atom stereocenters. The summed E-state index contributed by atoms with van der Waals surface area (Å²) in [6, 6.07) is 11.2. The van der Waals surface area contributed by atoms with E-state index in [1.165, 1.54) is 0 Å². The van der Waals surface area contributed by atoms with Crippen LogP contribution < -0.4 is 0 Å². The zero-order chi connectivity index (χ0) is 19.3. The molecule has 0 saturated heterocycles. The summed E-state index contributed by atoms with van der Waals surface area (Å²) < 4.78 is 117. The van der Waals surface area contributed by atoms with Gasteiger partial charge in [-0.25, -0.2) is 0 Å². The van der Waals surface area contributed by atoms with Gasteiger partial charge in [0, 0.05) is 0 Å². The summed E-state index contributed by atoms with van der Waals surface area (Å²) in [6.45, 7) is 0. The van der Waals surface area contributed by atoms with Gasteiger partial charge < -0.3 is 51.8 Å². The van der Waals surface area contributed by atoms with E-state index in [1.807, 2.05) is 24.3 Å². The average molecular weight is 404 g/mol. The number of nitrogens with zero attached hydrogens (tertiary/aromatic N) is 1. The van der Waals surface area contributed by atoms with Crippen LogP contribution in [0.25, 0.3) is 0 Å². The molecule has 0 aliphatic carbocycles. The summed E-state index contributed by atoms with van der Waals surface area (Å²) >= 11 is 0. The van der Waals surface area contributed by atoms with E-state index in [-0.39, 0.29) is 51.4 Å². The van der Waals surface area contributed by atoms with E-state index in [1.54, 1.807) is 12.1 Å². The third-order valence-electron chi connectivity index (χ3n) is 0.903. The van der Waals surface area contributed by atoms with Crippen LogP contribution in [0.5, 0.6) is 0 Å². The van der Waals surface area contributed by atoms with Gasteiger partial charge in [0.15, 0.2) is 0 Å². The molecule has 0 aromatic heterocycles. The Labute approximate surface area is 171 Å². The third kappa shape index (κ3) is 98.8. The average Bonchev–Trinajstić information content (AvgIpc) is 2.23. The Morgan fingerprint density at radius 1 is 0.583 bits per heavy atom. The monoisotopic (exact) mass is 404 g/mol. The Hall–Kier alpha value is -0.299. The molecule has 0 unspecified atom stereocenters. The minimum atomic E-state index is -6.00. The number of halogens is 12. The quantitative estimate of drug-likeness (QED) is 0.450. The number of rotatable bonds is 0. The van der Waals surface area contributed by atoms with Crippen molar-refractivity contribution >= 4 is 73.1 Å². The zero-order valence-corrected chi connectivity index (χ0v) is 10.6. The molecular weight excluding hydrogens is 398 g/mol. The molecule has 0 saturated carbocycles. The molecule has 17 heteroatoms. The molecule has 1 rings (SSSR count). The summed E-state index contributed by atoms with van der Waals surface area (Å²) in [6.07, 6.45) is 0. The van der Waals surface area contributed by atoms with Crippen molar-refractivity contribution in [2.75, 3.05) is 0 Å². The molecule has 1 aromatic rings. The van der Waals surface area contributed by atoms with Crippen LogP contribution in [0.1, 0.15) is 5.56 Å². The molecule has 0 radical (unpaired) electrons. The van der Waals surface area contributed by atoms with Gasteiger partial charge in [0.1, 0.15) is 0 Å².